The minimum Gasteiger partial charge on any atom is -0.391 e. The SMILES string of the molecule is N#Cc1cnc(N2CCC[C@H](O)C2)cn1. The molecular weight excluding hydrogens is 192 g/mol. The van der Waals surface area contributed by atoms with Crippen molar-refractivity contribution in [1.82, 2.24) is 9.97 Å². The van der Waals surface area contributed by atoms with Crippen molar-refractivity contribution >= 4 is 5.82 Å². The Morgan fingerprint density at radius 1 is 1.47 bits per heavy atom. The van der Waals surface area contributed by atoms with Gasteiger partial charge < -0.3 is 10.0 Å². The highest BCUT2D eigenvalue weighted by Crippen LogP contribution is 2.16. The van der Waals surface area contributed by atoms with E-state index in [0.717, 1.165) is 25.2 Å². The number of anilines is 1. The van der Waals surface area contributed by atoms with Gasteiger partial charge in [0.25, 0.3) is 0 Å². The van der Waals surface area contributed by atoms with Crippen LogP contribution < -0.4 is 4.90 Å². The number of β-amino-alcohol motifs (C(OH)–C–C–N with tert-alkyl or cyclic N) is 1. The molecule has 1 atom stereocenters. The highest BCUT2D eigenvalue weighted by atomic mass is 16.3. The van der Waals surface area contributed by atoms with E-state index in [-0.39, 0.29) is 6.10 Å². The summed E-state index contributed by atoms with van der Waals surface area (Å²) in [4.78, 5) is 10.1. The van der Waals surface area contributed by atoms with Crippen LogP contribution in [0.15, 0.2) is 12.4 Å². The molecule has 1 aliphatic heterocycles. The summed E-state index contributed by atoms with van der Waals surface area (Å²) in [5.41, 5.74) is 0.316. The molecule has 1 aromatic heterocycles. The average molecular weight is 204 g/mol. The van der Waals surface area contributed by atoms with E-state index in [4.69, 9.17) is 5.26 Å². The molecule has 0 saturated carbocycles. The largest absolute Gasteiger partial charge is 0.391 e. The maximum atomic E-state index is 9.50. The number of aromatic nitrogens is 2. The molecule has 0 unspecified atom stereocenters. The van der Waals surface area contributed by atoms with E-state index >= 15 is 0 Å². The van der Waals surface area contributed by atoms with Crippen LogP contribution in [-0.4, -0.2) is 34.3 Å². The Kier molecular flexibility index (Phi) is 2.79. The molecule has 5 nitrogen and oxygen atoms in total. The minimum atomic E-state index is -0.281. The standard InChI is InChI=1S/C10H12N4O/c11-4-8-5-13-10(6-12-8)14-3-1-2-9(15)7-14/h5-6,9,15H,1-3,7H2/t9-/m0/s1. The topological polar surface area (TPSA) is 73.0 Å². The Balaban J connectivity index is 2.12. The van der Waals surface area contributed by atoms with Crippen LogP contribution in [0.25, 0.3) is 0 Å². The third kappa shape index (κ3) is 2.22. The summed E-state index contributed by atoms with van der Waals surface area (Å²) in [6.45, 7) is 1.48. The zero-order chi connectivity index (χ0) is 10.7. The van der Waals surface area contributed by atoms with Crippen LogP contribution in [0, 0.1) is 11.3 Å². The second-order valence-corrected chi connectivity index (χ2v) is 3.61. The zero-order valence-electron chi connectivity index (χ0n) is 8.30. The van der Waals surface area contributed by atoms with E-state index in [1.165, 1.54) is 6.20 Å². The van der Waals surface area contributed by atoms with Crippen molar-refractivity contribution in [2.45, 2.75) is 18.9 Å². The molecule has 5 heteroatoms. The molecular formula is C10H12N4O. The van der Waals surface area contributed by atoms with Crippen molar-refractivity contribution in [2.75, 3.05) is 18.0 Å². The molecule has 1 N–H and O–H groups in total. The summed E-state index contributed by atoms with van der Waals surface area (Å²) in [6, 6.07) is 1.92. The Labute approximate surface area is 88.0 Å². The highest BCUT2D eigenvalue weighted by molar-refractivity contribution is 5.37. The van der Waals surface area contributed by atoms with E-state index in [9.17, 15) is 5.11 Å². The van der Waals surface area contributed by atoms with Crippen LogP contribution in [0.1, 0.15) is 18.5 Å². The molecule has 0 radical (unpaired) electrons. The Morgan fingerprint density at radius 2 is 2.33 bits per heavy atom. The Hall–Kier alpha value is -1.67. The summed E-state index contributed by atoms with van der Waals surface area (Å²) >= 11 is 0. The second-order valence-electron chi connectivity index (χ2n) is 3.61. The number of hydrogen-bond acceptors (Lipinski definition) is 5. The van der Waals surface area contributed by atoms with Gasteiger partial charge in [-0.15, -0.1) is 0 Å². The molecule has 15 heavy (non-hydrogen) atoms. The van der Waals surface area contributed by atoms with Gasteiger partial charge in [0, 0.05) is 13.1 Å². The fraction of sp³-hybridized carbons (Fsp3) is 0.500. The van der Waals surface area contributed by atoms with Gasteiger partial charge in [0.2, 0.25) is 0 Å². The first-order valence-electron chi connectivity index (χ1n) is 4.95. The number of piperidine rings is 1. The molecule has 0 aromatic carbocycles. The summed E-state index contributed by atoms with van der Waals surface area (Å²) in [7, 11) is 0. The fourth-order valence-corrected chi connectivity index (χ4v) is 1.71. The number of hydrogen-bond donors (Lipinski definition) is 1. The molecule has 78 valence electrons. The second kappa shape index (κ2) is 4.24. The van der Waals surface area contributed by atoms with Crippen LogP contribution in [0.4, 0.5) is 5.82 Å². The monoisotopic (exact) mass is 204 g/mol. The molecule has 2 rings (SSSR count). The lowest BCUT2D eigenvalue weighted by Gasteiger charge is -2.30. The molecule has 2 heterocycles. The summed E-state index contributed by atoms with van der Waals surface area (Å²) < 4.78 is 0. The summed E-state index contributed by atoms with van der Waals surface area (Å²) in [5, 5.41) is 18.1. The lowest BCUT2D eigenvalue weighted by atomic mass is 10.1. The molecule has 0 spiro atoms. The Bertz CT molecular complexity index is 370. The van der Waals surface area contributed by atoms with Crippen molar-refractivity contribution in [3.63, 3.8) is 0 Å². The lowest BCUT2D eigenvalue weighted by Crippen LogP contribution is -2.38. The van der Waals surface area contributed by atoms with Crippen molar-refractivity contribution in [3.8, 4) is 6.07 Å². The molecule has 1 saturated heterocycles. The smallest absolute Gasteiger partial charge is 0.158 e. The predicted octanol–water partition coefficient (Wildman–Crippen LogP) is 0.309. The van der Waals surface area contributed by atoms with Gasteiger partial charge in [-0.2, -0.15) is 5.26 Å². The van der Waals surface area contributed by atoms with E-state index < -0.39 is 0 Å². The summed E-state index contributed by atoms with van der Waals surface area (Å²) in [6.07, 6.45) is 4.56. The van der Waals surface area contributed by atoms with Gasteiger partial charge in [-0.05, 0) is 12.8 Å². The van der Waals surface area contributed by atoms with Gasteiger partial charge in [0.1, 0.15) is 11.9 Å². The van der Waals surface area contributed by atoms with Crippen LogP contribution in [0.3, 0.4) is 0 Å². The maximum Gasteiger partial charge on any atom is 0.158 e. The predicted molar refractivity (Wildman–Crippen MR) is 54.2 cm³/mol. The number of nitriles is 1. The molecule has 1 aromatic rings. The van der Waals surface area contributed by atoms with Crippen LogP contribution in [-0.2, 0) is 0 Å². The van der Waals surface area contributed by atoms with Gasteiger partial charge in [-0.3, -0.25) is 0 Å². The number of aliphatic hydroxyl groups is 1. The fourth-order valence-electron chi connectivity index (χ4n) is 1.71. The lowest BCUT2D eigenvalue weighted by molar-refractivity contribution is 0.154. The Morgan fingerprint density at radius 3 is 2.93 bits per heavy atom. The van der Waals surface area contributed by atoms with Gasteiger partial charge in [-0.1, -0.05) is 0 Å². The van der Waals surface area contributed by atoms with Gasteiger partial charge >= 0.3 is 0 Å². The highest BCUT2D eigenvalue weighted by Gasteiger charge is 2.18. The maximum absolute atomic E-state index is 9.50. The average Bonchev–Trinajstić information content (AvgIpc) is 2.29. The first-order chi connectivity index (χ1) is 7.29. The first kappa shape index (κ1) is 9.87. The quantitative estimate of drug-likeness (QED) is 0.712. The van der Waals surface area contributed by atoms with Crippen molar-refractivity contribution < 1.29 is 5.11 Å². The van der Waals surface area contributed by atoms with Crippen molar-refractivity contribution in [2.24, 2.45) is 0 Å². The minimum absolute atomic E-state index is 0.281. The third-order valence-electron chi connectivity index (χ3n) is 2.47. The summed E-state index contributed by atoms with van der Waals surface area (Å²) in [5.74, 6) is 0.729. The van der Waals surface area contributed by atoms with Crippen molar-refractivity contribution in [1.29, 1.82) is 5.26 Å². The molecule has 0 aliphatic carbocycles. The molecule has 0 bridgehead atoms. The zero-order valence-corrected chi connectivity index (χ0v) is 8.30. The van der Waals surface area contributed by atoms with E-state index in [1.54, 1.807) is 6.20 Å². The molecule has 0 amide bonds. The van der Waals surface area contributed by atoms with Gasteiger partial charge in [0.05, 0.1) is 18.5 Å². The first-order valence-corrected chi connectivity index (χ1v) is 4.95. The van der Waals surface area contributed by atoms with E-state index in [0.29, 0.717) is 12.2 Å². The molecule has 1 aliphatic rings. The van der Waals surface area contributed by atoms with Crippen LogP contribution in [0.2, 0.25) is 0 Å². The van der Waals surface area contributed by atoms with Gasteiger partial charge in [0.15, 0.2) is 5.69 Å². The van der Waals surface area contributed by atoms with E-state index in [2.05, 4.69) is 9.97 Å². The third-order valence-corrected chi connectivity index (χ3v) is 2.47. The van der Waals surface area contributed by atoms with E-state index in [1.807, 2.05) is 11.0 Å². The number of aliphatic hydroxyl groups excluding tert-OH is 1. The van der Waals surface area contributed by atoms with Gasteiger partial charge in [-0.25, -0.2) is 9.97 Å². The number of nitrogens with zero attached hydrogens (tertiary/aromatic N) is 4. The van der Waals surface area contributed by atoms with Crippen LogP contribution >= 0.6 is 0 Å². The normalized spacial score (nSPS) is 21.1. The van der Waals surface area contributed by atoms with Crippen molar-refractivity contribution in [3.05, 3.63) is 18.1 Å². The number of rotatable bonds is 1. The molecule has 1 fully saturated rings. The van der Waals surface area contributed by atoms with Crippen LogP contribution in [0.5, 0.6) is 0 Å².